The molecule has 0 radical (unpaired) electrons. The number of furan rings is 1. The number of methoxy groups -OCH3 is 1. The maximum atomic E-state index is 12.8. The molecule has 2 heterocycles. The SMILES string of the molecule is COc1cc2c(cc1NC(=O)CNc1ccccc1CN1CCOCC1)oc1ccccc12. The summed E-state index contributed by atoms with van der Waals surface area (Å²) < 4.78 is 16.9. The maximum absolute atomic E-state index is 12.8. The van der Waals surface area contributed by atoms with Gasteiger partial charge in [0, 0.05) is 42.2 Å². The summed E-state index contributed by atoms with van der Waals surface area (Å²) in [5.74, 6) is 0.431. The maximum Gasteiger partial charge on any atom is 0.243 e. The van der Waals surface area contributed by atoms with Crippen LogP contribution in [-0.2, 0) is 16.1 Å². The van der Waals surface area contributed by atoms with Crippen molar-refractivity contribution in [3.63, 3.8) is 0 Å². The van der Waals surface area contributed by atoms with Crippen molar-refractivity contribution in [1.82, 2.24) is 4.90 Å². The van der Waals surface area contributed by atoms with E-state index in [2.05, 4.69) is 21.6 Å². The number of morpholine rings is 1. The molecule has 1 aromatic heterocycles. The average Bonchev–Trinajstić information content (AvgIpc) is 3.21. The number of ether oxygens (including phenoxy) is 2. The zero-order chi connectivity index (χ0) is 22.6. The van der Waals surface area contributed by atoms with Crippen molar-refractivity contribution in [2.24, 2.45) is 0 Å². The zero-order valence-corrected chi connectivity index (χ0v) is 18.6. The molecular weight excluding hydrogens is 418 g/mol. The van der Waals surface area contributed by atoms with Gasteiger partial charge in [0.05, 0.1) is 32.6 Å². The molecular formula is C26H27N3O4. The number of nitrogens with one attached hydrogen (secondary N) is 2. The van der Waals surface area contributed by atoms with Gasteiger partial charge in [0.25, 0.3) is 0 Å². The largest absolute Gasteiger partial charge is 0.495 e. The zero-order valence-electron chi connectivity index (χ0n) is 18.6. The van der Waals surface area contributed by atoms with Crippen LogP contribution in [0.15, 0.2) is 65.1 Å². The topological polar surface area (TPSA) is 76.0 Å². The molecule has 1 amide bonds. The fourth-order valence-electron chi connectivity index (χ4n) is 4.22. The lowest BCUT2D eigenvalue weighted by Crippen LogP contribution is -2.35. The molecule has 1 fully saturated rings. The van der Waals surface area contributed by atoms with Gasteiger partial charge in [-0.2, -0.15) is 0 Å². The standard InChI is InChI=1S/C26H27N3O4/c1-31-25-14-20-19-7-3-5-9-23(19)33-24(20)15-22(25)28-26(30)16-27-21-8-4-2-6-18(21)17-29-10-12-32-13-11-29/h2-9,14-15,27H,10-13,16-17H2,1H3,(H,28,30). The molecule has 3 aromatic carbocycles. The number of hydrogen-bond donors (Lipinski definition) is 2. The number of nitrogens with zero attached hydrogens (tertiary/aromatic N) is 1. The Morgan fingerprint density at radius 1 is 0.970 bits per heavy atom. The number of carbonyl (C=O) groups is 1. The molecule has 170 valence electrons. The van der Waals surface area contributed by atoms with Crippen molar-refractivity contribution in [1.29, 1.82) is 0 Å². The van der Waals surface area contributed by atoms with Crippen LogP contribution in [0.1, 0.15) is 5.56 Å². The molecule has 1 aliphatic heterocycles. The van der Waals surface area contributed by atoms with Crippen LogP contribution in [0.2, 0.25) is 0 Å². The van der Waals surface area contributed by atoms with Crippen molar-refractivity contribution in [2.75, 3.05) is 50.6 Å². The number of benzene rings is 3. The van der Waals surface area contributed by atoms with Gasteiger partial charge < -0.3 is 24.5 Å². The number of anilines is 2. The van der Waals surface area contributed by atoms with E-state index in [1.165, 1.54) is 0 Å². The highest BCUT2D eigenvalue weighted by Gasteiger charge is 2.15. The fourth-order valence-corrected chi connectivity index (χ4v) is 4.22. The summed E-state index contributed by atoms with van der Waals surface area (Å²) in [6.07, 6.45) is 0. The molecule has 2 N–H and O–H groups in total. The summed E-state index contributed by atoms with van der Waals surface area (Å²) in [5, 5.41) is 8.21. The Morgan fingerprint density at radius 2 is 1.76 bits per heavy atom. The Hall–Kier alpha value is -3.55. The summed E-state index contributed by atoms with van der Waals surface area (Å²) in [6.45, 7) is 4.31. The summed E-state index contributed by atoms with van der Waals surface area (Å²) in [7, 11) is 1.60. The van der Waals surface area contributed by atoms with E-state index in [1.54, 1.807) is 7.11 Å². The van der Waals surface area contributed by atoms with Crippen LogP contribution < -0.4 is 15.4 Å². The highest BCUT2D eigenvalue weighted by Crippen LogP contribution is 2.36. The third kappa shape index (κ3) is 4.65. The first-order valence-electron chi connectivity index (χ1n) is 11.1. The molecule has 33 heavy (non-hydrogen) atoms. The molecule has 7 heteroatoms. The minimum Gasteiger partial charge on any atom is -0.495 e. The molecule has 7 nitrogen and oxygen atoms in total. The van der Waals surface area contributed by atoms with Crippen LogP contribution in [-0.4, -0.2) is 50.8 Å². The van der Waals surface area contributed by atoms with E-state index in [-0.39, 0.29) is 12.5 Å². The quantitative estimate of drug-likeness (QED) is 0.437. The van der Waals surface area contributed by atoms with Crippen LogP contribution in [0.4, 0.5) is 11.4 Å². The Bertz CT molecular complexity index is 1280. The molecule has 0 atom stereocenters. The van der Waals surface area contributed by atoms with Crippen LogP contribution in [0.3, 0.4) is 0 Å². The van der Waals surface area contributed by atoms with Gasteiger partial charge in [-0.1, -0.05) is 36.4 Å². The van der Waals surface area contributed by atoms with Gasteiger partial charge in [0.2, 0.25) is 5.91 Å². The van der Waals surface area contributed by atoms with Gasteiger partial charge >= 0.3 is 0 Å². The number of amides is 1. The number of hydrogen-bond acceptors (Lipinski definition) is 6. The third-order valence-electron chi connectivity index (χ3n) is 5.93. The summed E-state index contributed by atoms with van der Waals surface area (Å²) in [4.78, 5) is 15.1. The molecule has 0 unspecified atom stereocenters. The second-order valence-corrected chi connectivity index (χ2v) is 8.09. The van der Waals surface area contributed by atoms with E-state index in [0.29, 0.717) is 17.0 Å². The average molecular weight is 446 g/mol. The third-order valence-corrected chi connectivity index (χ3v) is 5.93. The molecule has 4 aromatic rings. The van der Waals surface area contributed by atoms with Crippen molar-refractivity contribution in [3.05, 3.63) is 66.2 Å². The number of rotatable bonds is 7. The summed E-state index contributed by atoms with van der Waals surface area (Å²) >= 11 is 0. The lowest BCUT2D eigenvalue weighted by atomic mass is 10.1. The van der Waals surface area contributed by atoms with Gasteiger partial charge in [-0.15, -0.1) is 0 Å². The van der Waals surface area contributed by atoms with Gasteiger partial charge in [0.1, 0.15) is 16.9 Å². The first-order valence-corrected chi connectivity index (χ1v) is 11.1. The van der Waals surface area contributed by atoms with Crippen molar-refractivity contribution in [3.8, 4) is 5.75 Å². The van der Waals surface area contributed by atoms with Crippen molar-refractivity contribution >= 4 is 39.2 Å². The number of para-hydroxylation sites is 2. The summed E-state index contributed by atoms with van der Waals surface area (Å²) in [6, 6.07) is 19.7. The smallest absolute Gasteiger partial charge is 0.243 e. The normalized spacial score (nSPS) is 14.5. The van der Waals surface area contributed by atoms with Crippen LogP contribution in [0.25, 0.3) is 21.9 Å². The van der Waals surface area contributed by atoms with Gasteiger partial charge in [-0.3, -0.25) is 9.69 Å². The molecule has 5 rings (SSSR count). The number of fused-ring (bicyclic) bond motifs is 3. The van der Waals surface area contributed by atoms with Crippen LogP contribution in [0.5, 0.6) is 5.75 Å². The van der Waals surface area contributed by atoms with E-state index in [0.717, 1.165) is 60.5 Å². The van der Waals surface area contributed by atoms with Gasteiger partial charge in [-0.25, -0.2) is 0 Å². The second kappa shape index (κ2) is 9.52. The van der Waals surface area contributed by atoms with Crippen molar-refractivity contribution in [2.45, 2.75) is 6.54 Å². The van der Waals surface area contributed by atoms with E-state index in [1.807, 2.05) is 54.6 Å². The highest BCUT2D eigenvalue weighted by atomic mass is 16.5. The lowest BCUT2D eigenvalue weighted by molar-refractivity contribution is -0.114. The first kappa shape index (κ1) is 21.3. The Balaban J connectivity index is 1.29. The van der Waals surface area contributed by atoms with E-state index in [9.17, 15) is 4.79 Å². The predicted molar refractivity (Wildman–Crippen MR) is 130 cm³/mol. The molecule has 1 saturated heterocycles. The fraction of sp³-hybridized carbons (Fsp3) is 0.269. The van der Waals surface area contributed by atoms with Crippen LogP contribution in [0, 0.1) is 0 Å². The first-order chi connectivity index (χ1) is 16.2. The molecule has 0 saturated carbocycles. The summed E-state index contributed by atoms with van der Waals surface area (Å²) in [5.41, 5.74) is 4.21. The van der Waals surface area contributed by atoms with Crippen molar-refractivity contribution < 1.29 is 18.7 Å². The lowest BCUT2D eigenvalue weighted by Gasteiger charge is -2.27. The Labute approximate surface area is 192 Å². The molecule has 0 spiro atoms. The molecule has 0 bridgehead atoms. The van der Waals surface area contributed by atoms with E-state index >= 15 is 0 Å². The van der Waals surface area contributed by atoms with Gasteiger partial charge in [-0.05, 0) is 23.8 Å². The van der Waals surface area contributed by atoms with E-state index < -0.39 is 0 Å². The predicted octanol–water partition coefficient (Wildman–Crippen LogP) is 4.48. The second-order valence-electron chi connectivity index (χ2n) is 8.09. The highest BCUT2D eigenvalue weighted by molar-refractivity contribution is 6.08. The minimum atomic E-state index is -0.162. The molecule has 0 aliphatic carbocycles. The Morgan fingerprint density at radius 3 is 2.61 bits per heavy atom. The van der Waals surface area contributed by atoms with Gasteiger partial charge in [0.15, 0.2) is 0 Å². The minimum absolute atomic E-state index is 0.140. The molecule has 1 aliphatic rings. The monoisotopic (exact) mass is 445 g/mol. The van der Waals surface area contributed by atoms with E-state index in [4.69, 9.17) is 13.9 Å². The van der Waals surface area contributed by atoms with Crippen LogP contribution >= 0.6 is 0 Å². The Kier molecular flexibility index (Phi) is 6.15. The number of carbonyl (C=O) groups excluding carboxylic acids is 1.